The Bertz CT molecular complexity index is 430. The summed E-state index contributed by atoms with van der Waals surface area (Å²) in [6, 6.07) is 0. The number of nitrogen functional groups attached to an aromatic ring is 1. The van der Waals surface area contributed by atoms with E-state index in [9.17, 15) is 4.79 Å². The van der Waals surface area contributed by atoms with Crippen LogP contribution < -0.4 is 5.73 Å². The lowest BCUT2D eigenvalue weighted by Gasteiger charge is -2.35. The Kier molecular flexibility index (Phi) is 5.00. The maximum atomic E-state index is 12.3. The monoisotopic (exact) mass is 301 g/mol. The van der Waals surface area contributed by atoms with Gasteiger partial charge in [-0.3, -0.25) is 4.79 Å². The van der Waals surface area contributed by atoms with Gasteiger partial charge in [0.15, 0.2) is 4.34 Å². The summed E-state index contributed by atoms with van der Waals surface area (Å²) >= 11 is 2.76. The third kappa shape index (κ3) is 3.80. The van der Waals surface area contributed by atoms with E-state index >= 15 is 0 Å². The molecule has 1 amide bonds. The fraction of sp³-hybridized carbons (Fsp3) is 0.727. The maximum Gasteiger partial charge on any atom is 0.235 e. The second-order valence-electron chi connectivity index (χ2n) is 4.43. The van der Waals surface area contributed by atoms with Crippen molar-refractivity contribution in [3.8, 4) is 0 Å². The van der Waals surface area contributed by atoms with Crippen LogP contribution >= 0.6 is 23.1 Å². The molecule has 2 rings (SSSR count). The summed E-state index contributed by atoms with van der Waals surface area (Å²) in [6.07, 6.45) is 0. The minimum Gasteiger partial charge on any atom is -0.374 e. The van der Waals surface area contributed by atoms with E-state index in [-0.39, 0.29) is 11.2 Å². The average molecular weight is 301 g/mol. The number of thioether (sulfide) groups is 1. The van der Waals surface area contributed by atoms with Crippen LogP contribution in [0.4, 0.5) is 5.13 Å². The normalized spacial score (nSPS) is 18.5. The fourth-order valence-corrected chi connectivity index (χ4v) is 3.88. The van der Waals surface area contributed by atoms with Crippen LogP contribution in [0.25, 0.3) is 0 Å². The first-order valence-corrected chi connectivity index (χ1v) is 8.06. The predicted molar refractivity (Wildman–Crippen MR) is 78.3 cm³/mol. The maximum absolute atomic E-state index is 12.3. The van der Waals surface area contributed by atoms with Gasteiger partial charge in [0.2, 0.25) is 11.0 Å². The second kappa shape index (κ2) is 6.53. The first-order chi connectivity index (χ1) is 9.10. The SMILES string of the molecule is CCN1CCN(C(=O)C(C)Sc2nnc(N)s2)CC1. The van der Waals surface area contributed by atoms with E-state index in [1.165, 1.54) is 23.1 Å². The Labute approximate surface area is 121 Å². The van der Waals surface area contributed by atoms with Crippen molar-refractivity contribution in [3.05, 3.63) is 0 Å². The number of hydrogen-bond acceptors (Lipinski definition) is 7. The number of nitrogens with zero attached hydrogens (tertiary/aromatic N) is 4. The summed E-state index contributed by atoms with van der Waals surface area (Å²) in [5.74, 6) is 0.175. The zero-order chi connectivity index (χ0) is 13.8. The number of nitrogens with two attached hydrogens (primary N) is 1. The number of anilines is 1. The summed E-state index contributed by atoms with van der Waals surface area (Å²) < 4.78 is 0.755. The number of piperazine rings is 1. The van der Waals surface area contributed by atoms with Gasteiger partial charge >= 0.3 is 0 Å². The minimum absolute atomic E-state index is 0.138. The summed E-state index contributed by atoms with van der Waals surface area (Å²) in [5, 5.41) is 8.00. The lowest BCUT2D eigenvalue weighted by molar-refractivity contribution is -0.132. The van der Waals surface area contributed by atoms with E-state index in [1.54, 1.807) is 0 Å². The number of amides is 1. The van der Waals surface area contributed by atoms with Gasteiger partial charge in [-0.2, -0.15) is 0 Å². The molecule has 1 fully saturated rings. The number of carbonyl (C=O) groups is 1. The van der Waals surface area contributed by atoms with E-state index in [2.05, 4.69) is 22.0 Å². The van der Waals surface area contributed by atoms with Crippen molar-refractivity contribution in [1.29, 1.82) is 0 Å². The smallest absolute Gasteiger partial charge is 0.235 e. The molecule has 0 spiro atoms. The summed E-state index contributed by atoms with van der Waals surface area (Å²) in [7, 11) is 0. The molecule has 0 saturated carbocycles. The van der Waals surface area contributed by atoms with Crippen LogP contribution in [0.15, 0.2) is 4.34 Å². The van der Waals surface area contributed by atoms with Crippen molar-refractivity contribution in [2.45, 2.75) is 23.4 Å². The zero-order valence-electron chi connectivity index (χ0n) is 11.2. The molecule has 1 saturated heterocycles. The molecule has 0 radical (unpaired) electrons. The van der Waals surface area contributed by atoms with Crippen molar-refractivity contribution in [3.63, 3.8) is 0 Å². The highest BCUT2D eigenvalue weighted by Crippen LogP contribution is 2.28. The largest absolute Gasteiger partial charge is 0.374 e. The quantitative estimate of drug-likeness (QED) is 0.828. The molecule has 1 aliphatic rings. The Balaban J connectivity index is 1.85. The van der Waals surface area contributed by atoms with Gasteiger partial charge in [-0.05, 0) is 13.5 Å². The van der Waals surface area contributed by atoms with Crippen LogP contribution in [-0.2, 0) is 4.79 Å². The molecule has 8 heteroatoms. The molecule has 1 aromatic rings. The third-order valence-corrected chi connectivity index (χ3v) is 5.10. The van der Waals surface area contributed by atoms with Gasteiger partial charge in [0.05, 0.1) is 5.25 Å². The van der Waals surface area contributed by atoms with Gasteiger partial charge in [-0.25, -0.2) is 0 Å². The third-order valence-electron chi connectivity index (χ3n) is 3.18. The number of hydrogen-bond donors (Lipinski definition) is 1. The standard InChI is InChI=1S/C11H19N5OS2/c1-3-15-4-6-16(7-5-15)9(17)8(2)18-11-14-13-10(12)19-11/h8H,3-7H2,1-2H3,(H2,12,13). The second-order valence-corrected chi connectivity index (χ2v) is 7.02. The molecule has 2 N–H and O–H groups in total. The number of aromatic nitrogens is 2. The fourth-order valence-electron chi connectivity index (χ4n) is 2.01. The van der Waals surface area contributed by atoms with Crippen molar-refractivity contribution >= 4 is 34.1 Å². The molecular formula is C11H19N5OS2. The molecule has 2 heterocycles. The molecule has 6 nitrogen and oxygen atoms in total. The topological polar surface area (TPSA) is 75.3 Å². The lowest BCUT2D eigenvalue weighted by atomic mass is 10.3. The molecule has 0 aromatic carbocycles. The Morgan fingerprint density at radius 1 is 1.42 bits per heavy atom. The Morgan fingerprint density at radius 3 is 2.63 bits per heavy atom. The Hall–Kier alpha value is -0.860. The summed E-state index contributed by atoms with van der Waals surface area (Å²) in [5.41, 5.74) is 5.53. The summed E-state index contributed by atoms with van der Waals surface area (Å²) in [6.45, 7) is 8.67. The van der Waals surface area contributed by atoms with Gasteiger partial charge < -0.3 is 15.5 Å². The van der Waals surface area contributed by atoms with Crippen LogP contribution in [0.2, 0.25) is 0 Å². The van der Waals surface area contributed by atoms with Crippen molar-refractivity contribution < 1.29 is 4.79 Å². The highest BCUT2D eigenvalue weighted by Gasteiger charge is 2.25. The molecule has 1 aromatic heterocycles. The zero-order valence-corrected chi connectivity index (χ0v) is 12.8. The van der Waals surface area contributed by atoms with Crippen LogP contribution in [0.5, 0.6) is 0 Å². The highest BCUT2D eigenvalue weighted by molar-refractivity contribution is 8.02. The number of likely N-dealkylation sites (N-methyl/N-ethyl adjacent to an activating group) is 1. The van der Waals surface area contributed by atoms with E-state index < -0.39 is 0 Å². The van der Waals surface area contributed by atoms with Gasteiger partial charge in [0.1, 0.15) is 0 Å². The molecule has 19 heavy (non-hydrogen) atoms. The Morgan fingerprint density at radius 2 is 2.11 bits per heavy atom. The first-order valence-electron chi connectivity index (χ1n) is 6.37. The van der Waals surface area contributed by atoms with Gasteiger partial charge in [0, 0.05) is 26.2 Å². The van der Waals surface area contributed by atoms with Gasteiger partial charge in [0.25, 0.3) is 0 Å². The predicted octanol–water partition coefficient (Wildman–Crippen LogP) is 0.765. The molecule has 1 unspecified atom stereocenters. The van der Waals surface area contributed by atoms with Gasteiger partial charge in [-0.1, -0.05) is 30.0 Å². The van der Waals surface area contributed by atoms with Crippen molar-refractivity contribution in [1.82, 2.24) is 20.0 Å². The van der Waals surface area contributed by atoms with Crippen LogP contribution in [0.1, 0.15) is 13.8 Å². The van der Waals surface area contributed by atoms with E-state index in [1.807, 2.05) is 11.8 Å². The van der Waals surface area contributed by atoms with E-state index in [4.69, 9.17) is 5.73 Å². The summed E-state index contributed by atoms with van der Waals surface area (Å²) in [4.78, 5) is 16.6. The molecule has 0 aliphatic carbocycles. The van der Waals surface area contributed by atoms with Crippen LogP contribution in [0.3, 0.4) is 0 Å². The number of carbonyl (C=O) groups excluding carboxylic acids is 1. The van der Waals surface area contributed by atoms with Crippen molar-refractivity contribution in [2.24, 2.45) is 0 Å². The van der Waals surface area contributed by atoms with Crippen LogP contribution in [-0.4, -0.2) is 63.9 Å². The minimum atomic E-state index is -0.138. The molecule has 1 aliphatic heterocycles. The molecule has 1 atom stereocenters. The van der Waals surface area contributed by atoms with Crippen molar-refractivity contribution in [2.75, 3.05) is 38.5 Å². The molecule has 0 bridgehead atoms. The average Bonchev–Trinajstić information content (AvgIpc) is 2.83. The highest BCUT2D eigenvalue weighted by atomic mass is 32.2. The number of rotatable bonds is 4. The van der Waals surface area contributed by atoms with Crippen LogP contribution in [0, 0.1) is 0 Å². The lowest BCUT2D eigenvalue weighted by Crippen LogP contribution is -2.50. The molecule has 106 valence electrons. The first kappa shape index (κ1) is 14.5. The van der Waals surface area contributed by atoms with E-state index in [0.717, 1.165) is 37.1 Å². The van der Waals surface area contributed by atoms with E-state index in [0.29, 0.717) is 5.13 Å². The molecular weight excluding hydrogens is 282 g/mol. The van der Waals surface area contributed by atoms with Gasteiger partial charge in [-0.15, -0.1) is 10.2 Å².